The van der Waals surface area contributed by atoms with Crippen LogP contribution in [0.2, 0.25) is 5.02 Å². The lowest BCUT2D eigenvalue weighted by Crippen LogP contribution is -2.04. The fourth-order valence-corrected chi connectivity index (χ4v) is 2.88. The van der Waals surface area contributed by atoms with Crippen molar-refractivity contribution in [3.63, 3.8) is 0 Å². The van der Waals surface area contributed by atoms with E-state index in [0.29, 0.717) is 6.04 Å². The van der Waals surface area contributed by atoms with Crippen molar-refractivity contribution in [2.45, 2.75) is 25.6 Å². The average Bonchev–Trinajstić information content (AvgIpc) is 2.58. The lowest BCUT2D eigenvalue weighted by atomic mass is 10.2. The van der Waals surface area contributed by atoms with Gasteiger partial charge in [0, 0.05) is 33.4 Å². The molecule has 2 rings (SSSR count). The van der Waals surface area contributed by atoms with Gasteiger partial charge in [-0.05, 0) is 38.3 Å². The molecule has 0 spiro atoms. The summed E-state index contributed by atoms with van der Waals surface area (Å²) in [6, 6.07) is 8.81. The van der Waals surface area contributed by atoms with E-state index in [1.165, 1.54) is 16.6 Å². The highest BCUT2D eigenvalue weighted by atomic mass is 35.5. The Labute approximate surface area is 106 Å². The van der Waals surface area contributed by atoms with E-state index in [2.05, 4.69) is 36.8 Å². The maximum Gasteiger partial charge on any atom is 0.0500 e. The minimum atomic E-state index is 0.470. The summed E-state index contributed by atoms with van der Waals surface area (Å²) in [5.74, 6) is 1.03. The molecule has 3 heteroatoms. The Morgan fingerprint density at radius 2 is 2.12 bits per heavy atom. The van der Waals surface area contributed by atoms with E-state index in [0.717, 1.165) is 10.8 Å². The van der Waals surface area contributed by atoms with Gasteiger partial charge in [-0.25, -0.2) is 0 Å². The Bertz CT molecular complexity index is 502. The Kier molecular flexibility index (Phi) is 3.50. The molecule has 0 atom stereocenters. The van der Waals surface area contributed by atoms with Gasteiger partial charge < -0.3 is 4.57 Å². The van der Waals surface area contributed by atoms with Crippen LogP contribution in [0.5, 0.6) is 0 Å². The van der Waals surface area contributed by atoms with Crippen molar-refractivity contribution in [1.82, 2.24) is 4.57 Å². The molecule has 0 saturated heterocycles. The fraction of sp³-hybridized carbons (Fsp3) is 0.385. The Morgan fingerprint density at radius 1 is 1.38 bits per heavy atom. The number of hydrogen-bond acceptors (Lipinski definition) is 1. The molecule has 0 fully saturated rings. The zero-order valence-electron chi connectivity index (χ0n) is 9.83. The first kappa shape index (κ1) is 11.9. The second-order valence-electron chi connectivity index (χ2n) is 4.21. The highest BCUT2D eigenvalue weighted by Gasteiger charge is 2.12. The van der Waals surface area contributed by atoms with Gasteiger partial charge in [0.15, 0.2) is 0 Å². The standard InChI is InChI=1S/C13H16ClNS/c1-9(2)15-10(8-16-3)7-11-12(14)5-4-6-13(11)15/h4-7,9H,8H2,1-3H3. The molecule has 0 aliphatic heterocycles. The molecule has 0 aliphatic carbocycles. The third-order valence-electron chi connectivity index (χ3n) is 2.72. The number of hydrogen-bond donors (Lipinski definition) is 0. The molecule has 86 valence electrons. The minimum absolute atomic E-state index is 0.470. The largest absolute Gasteiger partial charge is 0.341 e. The molecule has 0 N–H and O–H groups in total. The van der Waals surface area contributed by atoms with Gasteiger partial charge in [0.25, 0.3) is 0 Å². The zero-order chi connectivity index (χ0) is 11.7. The smallest absolute Gasteiger partial charge is 0.0500 e. The Morgan fingerprint density at radius 3 is 2.75 bits per heavy atom. The summed E-state index contributed by atoms with van der Waals surface area (Å²) < 4.78 is 2.37. The second-order valence-corrected chi connectivity index (χ2v) is 5.48. The van der Waals surface area contributed by atoms with E-state index in [4.69, 9.17) is 11.6 Å². The van der Waals surface area contributed by atoms with Crippen molar-refractivity contribution < 1.29 is 0 Å². The topological polar surface area (TPSA) is 4.93 Å². The summed E-state index contributed by atoms with van der Waals surface area (Å²) in [7, 11) is 0. The molecule has 0 radical (unpaired) electrons. The predicted octanol–water partition coefficient (Wildman–Crippen LogP) is 4.74. The van der Waals surface area contributed by atoms with Crippen LogP contribution in [-0.2, 0) is 5.75 Å². The van der Waals surface area contributed by atoms with Crippen LogP contribution in [0.4, 0.5) is 0 Å². The number of fused-ring (bicyclic) bond motifs is 1. The van der Waals surface area contributed by atoms with Crippen molar-refractivity contribution in [3.8, 4) is 0 Å². The van der Waals surface area contributed by atoms with Crippen LogP contribution in [0.25, 0.3) is 10.9 Å². The van der Waals surface area contributed by atoms with E-state index < -0.39 is 0 Å². The number of rotatable bonds is 3. The summed E-state index contributed by atoms with van der Waals surface area (Å²) in [5.41, 5.74) is 2.59. The molecule has 1 heterocycles. The molecule has 1 nitrogen and oxygen atoms in total. The van der Waals surface area contributed by atoms with Gasteiger partial charge >= 0.3 is 0 Å². The van der Waals surface area contributed by atoms with Crippen LogP contribution in [0.1, 0.15) is 25.6 Å². The summed E-state index contributed by atoms with van der Waals surface area (Å²) in [4.78, 5) is 0. The quantitative estimate of drug-likeness (QED) is 0.765. The SMILES string of the molecule is CSCc1cc2c(Cl)cccc2n1C(C)C. The molecule has 0 unspecified atom stereocenters. The average molecular weight is 254 g/mol. The van der Waals surface area contributed by atoms with Crippen LogP contribution in [0.15, 0.2) is 24.3 Å². The molecule has 2 aromatic rings. The maximum atomic E-state index is 6.23. The van der Waals surface area contributed by atoms with E-state index in [1.54, 1.807) is 0 Å². The van der Waals surface area contributed by atoms with Crippen LogP contribution >= 0.6 is 23.4 Å². The van der Waals surface area contributed by atoms with Gasteiger partial charge in [-0.1, -0.05) is 17.7 Å². The van der Waals surface area contributed by atoms with E-state index in [9.17, 15) is 0 Å². The minimum Gasteiger partial charge on any atom is -0.341 e. The van der Waals surface area contributed by atoms with Gasteiger partial charge in [0.2, 0.25) is 0 Å². The Hall–Kier alpha value is -0.600. The molecular weight excluding hydrogens is 238 g/mol. The monoisotopic (exact) mass is 253 g/mol. The van der Waals surface area contributed by atoms with Crippen LogP contribution in [0, 0.1) is 0 Å². The normalized spacial score (nSPS) is 11.6. The molecule has 0 amide bonds. The Balaban J connectivity index is 2.70. The summed E-state index contributed by atoms with van der Waals surface area (Å²) in [6.45, 7) is 4.42. The number of thioether (sulfide) groups is 1. The van der Waals surface area contributed by atoms with Gasteiger partial charge in [0.05, 0.1) is 0 Å². The van der Waals surface area contributed by atoms with Gasteiger partial charge in [-0.3, -0.25) is 0 Å². The van der Waals surface area contributed by atoms with Crippen LogP contribution < -0.4 is 0 Å². The van der Waals surface area contributed by atoms with E-state index in [-0.39, 0.29) is 0 Å². The van der Waals surface area contributed by atoms with Crippen LogP contribution in [-0.4, -0.2) is 10.8 Å². The van der Waals surface area contributed by atoms with Crippen molar-refractivity contribution in [2.24, 2.45) is 0 Å². The molecule has 16 heavy (non-hydrogen) atoms. The summed E-state index contributed by atoms with van der Waals surface area (Å²) in [5, 5.41) is 2.01. The second kappa shape index (κ2) is 4.72. The number of aromatic nitrogens is 1. The highest BCUT2D eigenvalue weighted by Crippen LogP contribution is 2.30. The first-order valence-electron chi connectivity index (χ1n) is 5.42. The molecule has 0 saturated carbocycles. The highest BCUT2D eigenvalue weighted by molar-refractivity contribution is 7.97. The van der Waals surface area contributed by atoms with Crippen molar-refractivity contribution >= 4 is 34.3 Å². The molecular formula is C13H16ClNS. The summed E-state index contributed by atoms with van der Waals surface area (Å²) >= 11 is 8.07. The third kappa shape index (κ3) is 1.96. The number of benzene rings is 1. The van der Waals surface area contributed by atoms with Crippen LogP contribution in [0.3, 0.4) is 0 Å². The maximum absolute atomic E-state index is 6.23. The lowest BCUT2D eigenvalue weighted by molar-refractivity contribution is 0.606. The predicted molar refractivity (Wildman–Crippen MR) is 74.6 cm³/mol. The molecule has 0 aliphatic rings. The van der Waals surface area contributed by atoms with Crippen molar-refractivity contribution in [1.29, 1.82) is 0 Å². The van der Waals surface area contributed by atoms with Gasteiger partial charge in [0.1, 0.15) is 0 Å². The fourth-order valence-electron chi connectivity index (χ4n) is 2.14. The van der Waals surface area contributed by atoms with E-state index >= 15 is 0 Å². The first-order valence-corrected chi connectivity index (χ1v) is 7.19. The summed E-state index contributed by atoms with van der Waals surface area (Å²) in [6.07, 6.45) is 2.13. The van der Waals surface area contributed by atoms with Gasteiger partial charge in [-0.15, -0.1) is 0 Å². The zero-order valence-corrected chi connectivity index (χ0v) is 11.4. The van der Waals surface area contributed by atoms with Gasteiger partial charge in [-0.2, -0.15) is 11.8 Å². The molecule has 0 bridgehead atoms. The van der Waals surface area contributed by atoms with E-state index in [1.807, 2.05) is 23.9 Å². The van der Waals surface area contributed by atoms with Crippen molar-refractivity contribution in [2.75, 3.05) is 6.26 Å². The molecule has 1 aromatic carbocycles. The first-order chi connectivity index (χ1) is 7.65. The van der Waals surface area contributed by atoms with Crippen molar-refractivity contribution in [3.05, 3.63) is 35.0 Å². The third-order valence-corrected chi connectivity index (χ3v) is 3.63. The lowest BCUT2D eigenvalue weighted by Gasteiger charge is -2.14. The number of nitrogens with zero attached hydrogens (tertiary/aromatic N) is 1. The number of halogens is 1. The molecule has 1 aromatic heterocycles.